The van der Waals surface area contributed by atoms with Gasteiger partial charge in [-0.15, -0.1) is 0 Å². The third-order valence-corrected chi connectivity index (χ3v) is 9.06. The molecule has 47 heavy (non-hydrogen) atoms. The van der Waals surface area contributed by atoms with Crippen LogP contribution < -0.4 is 15.4 Å². The Morgan fingerprint density at radius 2 is 1.66 bits per heavy atom. The fourth-order valence-electron chi connectivity index (χ4n) is 5.38. The van der Waals surface area contributed by atoms with Gasteiger partial charge in [0.1, 0.15) is 6.54 Å². The molecule has 0 radical (unpaired) electrons. The topological polar surface area (TPSA) is 133 Å². The molecule has 0 bridgehead atoms. The number of aliphatic hydroxyl groups excluding tert-OH is 1. The highest BCUT2D eigenvalue weighted by molar-refractivity contribution is 7.99. The lowest BCUT2D eigenvalue weighted by Crippen LogP contribution is -2.39. The molecule has 4 aromatic rings. The number of carbonyl (C=O) groups excluding carboxylic acids is 2. The predicted octanol–water partition coefficient (Wildman–Crippen LogP) is 5.43. The molecule has 1 saturated heterocycles. The summed E-state index contributed by atoms with van der Waals surface area (Å²) in [7, 11) is 0. The van der Waals surface area contributed by atoms with Crippen LogP contribution in [-0.4, -0.2) is 42.1 Å². The molecular formula is C36H39N3O7S. The first-order chi connectivity index (χ1) is 22.9. The van der Waals surface area contributed by atoms with Crippen molar-refractivity contribution in [3.05, 3.63) is 125 Å². The molecule has 2 amide bonds. The van der Waals surface area contributed by atoms with Crippen molar-refractivity contribution in [2.75, 3.05) is 18.9 Å². The van der Waals surface area contributed by atoms with Crippen molar-refractivity contribution < 1.29 is 33.6 Å². The van der Waals surface area contributed by atoms with Crippen molar-refractivity contribution in [2.45, 2.75) is 50.5 Å². The van der Waals surface area contributed by atoms with Crippen LogP contribution in [0.25, 0.3) is 11.1 Å². The zero-order valence-electron chi connectivity index (χ0n) is 26.3. The molecule has 246 valence electrons. The summed E-state index contributed by atoms with van der Waals surface area (Å²) < 4.78 is 18.8. The molecule has 10 nitrogen and oxygen atoms in total. The van der Waals surface area contributed by atoms with Crippen molar-refractivity contribution in [1.29, 1.82) is 0 Å². The third kappa shape index (κ3) is 8.89. The number of ether oxygens (including phenoxy) is 3. The quantitative estimate of drug-likeness (QED) is 0.0796. The number of nitrogens with one attached hydrogen (secondary N) is 2. The summed E-state index contributed by atoms with van der Waals surface area (Å²) in [5, 5.41) is 27.7. The minimum Gasteiger partial charge on any atom is -0.618 e. The average Bonchev–Trinajstić information content (AvgIpc) is 3.10. The van der Waals surface area contributed by atoms with E-state index in [4.69, 9.17) is 14.2 Å². The molecule has 5 rings (SSSR count). The number of pyridine rings is 1. The second-order valence-corrected chi connectivity index (χ2v) is 12.2. The number of urea groups is 1. The summed E-state index contributed by atoms with van der Waals surface area (Å²) >= 11 is 1.45. The summed E-state index contributed by atoms with van der Waals surface area (Å²) in [5.41, 5.74) is 5.47. The van der Waals surface area contributed by atoms with Gasteiger partial charge in [0.2, 0.25) is 0 Å². The van der Waals surface area contributed by atoms with E-state index in [1.54, 1.807) is 19.1 Å². The van der Waals surface area contributed by atoms with Crippen molar-refractivity contribution in [2.24, 2.45) is 5.92 Å². The molecule has 0 spiro atoms. The standard InChI is InChI=1S/C36H39N3O7S/c1-3-44-33(41)21-38-36(42)37-20-29-8-4-5-9-30(29)26-15-17-28(18-16-26)35-45-31(23-47-32-10-6-7-19-39(32)43)24(2)34(46-35)27-13-11-25(22-40)12-14-27/h4-19,24,31,34-35,40H,3,20-23H2,1-2H3,(H2,37,38,42)/t24-,31+,34+,35+/m1/s1. The number of nitrogens with zero attached hydrogens (tertiary/aromatic N) is 1. The van der Waals surface area contributed by atoms with Gasteiger partial charge in [0, 0.05) is 35.9 Å². The molecule has 3 aromatic carbocycles. The van der Waals surface area contributed by atoms with Crippen molar-refractivity contribution in [3.63, 3.8) is 0 Å². The van der Waals surface area contributed by atoms with Gasteiger partial charge in [0.05, 0.1) is 25.4 Å². The number of esters is 1. The Balaban J connectivity index is 1.32. The number of aliphatic hydroxyl groups is 1. The molecule has 0 unspecified atom stereocenters. The van der Waals surface area contributed by atoms with Crippen LogP contribution >= 0.6 is 11.8 Å². The van der Waals surface area contributed by atoms with Gasteiger partial charge in [0.15, 0.2) is 12.5 Å². The van der Waals surface area contributed by atoms with Gasteiger partial charge in [-0.2, -0.15) is 4.73 Å². The van der Waals surface area contributed by atoms with Crippen LogP contribution in [0, 0.1) is 11.1 Å². The number of thioether (sulfide) groups is 1. The largest absolute Gasteiger partial charge is 0.618 e. The molecule has 11 heteroatoms. The Morgan fingerprint density at radius 1 is 0.936 bits per heavy atom. The minimum atomic E-state index is -0.650. The normalized spacial score (nSPS) is 19.1. The maximum atomic E-state index is 12.3. The fourth-order valence-corrected chi connectivity index (χ4v) is 6.46. The monoisotopic (exact) mass is 657 g/mol. The fraction of sp³-hybridized carbons (Fsp3) is 0.306. The summed E-state index contributed by atoms with van der Waals surface area (Å²) in [6, 6.07) is 28.4. The summed E-state index contributed by atoms with van der Waals surface area (Å²) in [4.78, 5) is 23.8. The predicted molar refractivity (Wildman–Crippen MR) is 178 cm³/mol. The van der Waals surface area contributed by atoms with Crippen LogP contribution in [0.5, 0.6) is 0 Å². The maximum absolute atomic E-state index is 12.3. The number of rotatable bonds is 12. The molecule has 4 atom stereocenters. The lowest BCUT2D eigenvalue weighted by molar-refractivity contribution is -0.645. The van der Waals surface area contributed by atoms with E-state index in [2.05, 4.69) is 17.6 Å². The van der Waals surface area contributed by atoms with Crippen molar-refractivity contribution in [1.82, 2.24) is 10.6 Å². The van der Waals surface area contributed by atoms with E-state index in [-0.39, 0.29) is 44.4 Å². The van der Waals surface area contributed by atoms with Gasteiger partial charge in [-0.25, -0.2) is 4.79 Å². The Morgan fingerprint density at radius 3 is 2.38 bits per heavy atom. The van der Waals surface area contributed by atoms with Crippen LogP contribution in [0.1, 0.15) is 48.5 Å². The highest BCUT2D eigenvalue weighted by atomic mass is 32.2. The molecule has 1 aliphatic heterocycles. The second-order valence-electron chi connectivity index (χ2n) is 11.1. The molecule has 1 aromatic heterocycles. The molecule has 2 heterocycles. The summed E-state index contributed by atoms with van der Waals surface area (Å²) in [5.74, 6) is 0.0478. The first-order valence-electron chi connectivity index (χ1n) is 15.5. The molecular weight excluding hydrogens is 618 g/mol. The van der Waals surface area contributed by atoms with Gasteiger partial charge >= 0.3 is 12.0 Å². The number of aromatic nitrogens is 1. The number of amides is 2. The number of carbonyl (C=O) groups is 2. The van der Waals surface area contributed by atoms with Crippen molar-refractivity contribution >= 4 is 23.8 Å². The summed E-state index contributed by atoms with van der Waals surface area (Å²) in [6.07, 6.45) is 0.344. The number of benzene rings is 3. The van der Waals surface area contributed by atoms with Crippen LogP contribution in [-0.2, 0) is 32.2 Å². The first kappa shape index (κ1) is 33.9. The van der Waals surface area contributed by atoms with Crippen molar-refractivity contribution in [3.8, 4) is 11.1 Å². The van der Waals surface area contributed by atoms with Gasteiger partial charge < -0.3 is 35.2 Å². The van der Waals surface area contributed by atoms with Crippen LogP contribution in [0.2, 0.25) is 0 Å². The maximum Gasteiger partial charge on any atom is 0.325 e. The van der Waals surface area contributed by atoms with Crippen LogP contribution in [0.15, 0.2) is 102 Å². The van der Waals surface area contributed by atoms with E-state index >= 15 is 0 Å². The minimum absolute atomic E-state index is 0.0179. The number of hydrogen-bond donors (Lipinski definition) is 3. The van der Waals surface area contributed by atoms with Gasteiger partial charge in [-0.05, 0) is 40.8 Å². The first-order valence-corrected chi connectivity index (χ1v) is 16.5. The van der Waals surface area contributed by atoms with E-state index in [0.29, 0.717) is 10.8 Å². The lowest BCUT2D eigenvalue weighted by atomic mass is 9.91. The smallest absolute Gasteiger partial charge is 0.325 e. The Bertz CT molecular complexity index is 1630. The lowest BCUT2D eigenvalue weighted by Gasteiger charge is -2.41. The Kier molecular flexibility index (Phi) is 11.9. The molecule has 1 fully saturated rings. The van der Waals surface area contributed by atoms with Gasteiger partial charge in [-0.3, -0.25) is 4.79 Å². The Hall–Kier alpha value is -4.42. The highest BCUT2D eigenvalue weighted by Crippen LogP contribution is 2.43. The van der Waals surface area contributed by atoms with E-state index in [9.17, 15) is 19.9 Å². The zero-order valence-corrected chi connectivity index (χ0v) is 27.2. The van der Waals surface area contributed by atoms with Gasteiger partial charge in [0.25, 0.3) is 5.03 Å². The molecule has 3 N–H and O–H groups in total. The van der Waals surface area contributed by atoms with E-state index in [0.717, 1.165) is 38.1 Å². The molecule has 1 aliphatic rings. The molecule has 0 saturated carbocycles. The van der Waals surface area contributed by atoms with Gasteiger partial charge in [-0.1, -0.05) is 91.5 Å². The average molecular weight is 658 g/mol. The zero-order chi connectivity index (χ0) is 33.2. The third-order valence-electron chi connectivity index (χ3n) is 7.96. The van der Waals surface area contributed by atoms with E-state index in [1.165, 1.54) is 18.0 Å². The molecule has 0 aliphatic carbocycles. The van der Waals surface area contributed by atoms with Crippen LogP contribution in [0.3, 0.4) is 0 Å². The Labute approximate surface area is 278 Å². The highest BCUT2D eigenvalue weighted by Gasteiger charge is 2.38. The van der Waals surface area contributed by atoms with Crippen LogP contribution in [0.4, 0.5) is 4.79 Å². The summed E-state index contributed by atoms with van der Waals surface area (Å²) in [6.45, 7) is 4.08. The SMILES string of the molecule is CCOC(=O)CNC(=O)NCc1ccccc1-c1ccc([C@H]2O[C@@H](CSc3cccc[n+]3[O-])[C@@H](C)[C@@H](c3ccc(CO)cc3)O2)cc1. The number of hydrogen-bond acceptors (Lipinski definition) is 8. The van der Waals surface area contributed by atoms with E-state index < -0.39 is 18.3 Å². The second kappa shape index (κ2) is 16.4. The van der Waals surface area contributed by atoms with E-state index in [1.807, 2.05) is 78.9 Å².